The fourth-order valence-corrected chi connectivity index (χ4v) is 5.10. The molecular formula is C24H23F3N4O4S. The number of alkyl halides is 3. The first-order valence-corrected chi connectivity index (χ1v) is 12.5. The Balaban J connectivity index is 1.66. The van der Waals surface area contributed by atoms with Crippen LogP contribution in [0.25, 0.3) is 11.1 Å². The number of rotatable bonds is 6. The van der Waals surface area contributed by atoms with Crippen molar-refractivity contribution >= 4 is 27.6 Å². The van der Waals surface area contributed by atoms with Gasteiger partial charge in [0.1, 0.15) is 11.6 Å². The summed E-state index contributed by atoms with van der Waals surface area (Å²) in [6.45, 7) is 2.37. The molecule has 3 heterocycles. The Bertz CT molecular complexity index is 1400. The molecule has 1 aromatic carbocycles. The number of carbonyl (C=O) groups is 1. The van der Waals surface area contributed by atoms with E-state index in [1.54, 1.807) is 36.1 Å². The molecule has 1 atom stereocenters. The number of hydrogen-bond acceptors (Lipinski definition) is 6. The Labute approximate surface area is 205 Å². The molecule has 36 heavy (non-hydrogen) atoms. The van der Waals surface area contributed by atoms with Gasteiger partial charge in [0.15, 0.2) is 5.03 Å². The number of pyridine rings is 2. The summed E-state index contributed by atoms with van der Waals surface area (Å²) in [7, 11) is -4.31. The van der Waals surface area contributed by atoms with E-state index in [4.69, 9.17) is 0 Å². The van der Waals surface area contributed by atoms with Crippen LogP contribution < -0.4 is 9.62 Å². The second kappa shape index (κ2) is 9.76. The predicted octanol–water partition coefficient (Wildman–Crippen LogP) is 4.57. The van der Waals surface area contributed by atoms with Gasteiger partial charge >= 0.3 is 12.1 Å². The van der Waals surface area contributed by atoms with E-state index in [0.29, 0.717) is 42.5 Å². The van der Waals surface area contributed by atoms with Crippen molar-refractivity contribution in [3.63, 3.8) is 0 Å². The Hall–Kier alpha value is -3.67. The summed E-state index contributed by atoms with van der Waals surface area (Å²) in [5, 5.41) is 8.95. The summed E-state index contributed by atoms with van der Waals surface area (Å²) in [6, 6.07) is 11.8. The molecule has 12 heteroatoms. The molecule has 0 radical (unpaired) electrons. The average molecular weight is 521 g/mol. The summed E-state index contributed by atoms with van der Waals surface area (Å²) < 4.78 is 69.3. The molecule has 190 valence electrons. The van der Waals surface area contributed by atoms with Crippen molar-refractivity contribution in [1.29, 1.82) is 0 Å². The largest absolute Gasteiger partial charge is 0.481 e. The van der Waals surface area contributed by atoms with E-state index in [1.165, 1.54) is 18.2 Å². The monoisotopic (exact) mass is 520 g/mol. The molecule has 2 aromatic heterocycles. The standard InChI is InChI=1S/C24H23F3N4O4S/c1-15-6-2-3-8-17(15)18-12-20(28-13-19(18)24(25,26)27)30-36(34,35)22-10-4-9-21(29-22)31-11-5-7-16(14-31)23(32)33/h2-4,6,8-10,12-13,16H,5,7,11,14H2,1H3,(H,28,30)(H,32,33). The molecule has 0 spiro atoms. The summed E-state index contributed by atoms with van der Waals surface area (Å²) in [4.78, 5) is 21.0. The van der Waals surface area contributed by atoms with Gasteiger partial charge in [-0.3, -0.25) is 9.52 Å². The van der Waals surface area contributed by atoms with E-state index in [-0.39, 0.29) is 23.0 Å². The number of carboxylic acid groups (broad SMARTS) is 1. The Kier molecular flexibility index (Phi) is 6.90. The number of aliphatic carboxylic acids is 1. The third kappa shape index (κ3) is 5.43. The molecular weight excluding hydrogens is 497 g/mol. The van der Waals surface area contributed by atoms with Gasteiger partial charge in [0.25, 0.3) is 10.0 Å². The highest BCUT2D eigenvalue weighted by atomic mass is 32.2. The molecule has 3 aromatic rings. The zero-order chi connectivity index (χ0) is 26.1. The number of aromatic nitrogens is 2. The van der Waals surface area contributed by atoms with Gasteiger partial charge < -0.3 is 10.0 Å². The van der Waals surface area contributed by atoms with Crippen molar-refractivity contribution in [3.05, 3.63) is 65.9 Å². The number of benzene rings is 1. The lowest BCUT2D eigenvalue weighted by Gasteiger charge is -2.31. The van der Waals surface area contributed by atoms with Crippen LogP contribution in [0, 0.1) is 12.8 Å². The van der Waals surface area contributed by atoms with Crippen LogP contribution in [0.4, 0.5) is 24.8 Å². The minimum Gasteiger partial charge on any atom is -0.481 e. The molecule has 8 nitrogen and oxygen atoms in total. The first kappa shape index (κ1) is 25.4. The summed E-state index contributed by atoms with van der Waals surface area (Å²) in [6.07, 6.45) is -2.96. The van der Waals surface area contributed by atoms with Crippen LogP contribution in [0.1, 0.15) is 24.0 Å². The third-order valence-electron chi connectivity index (χ3n) is 5.96. The average Bonchev–Trinajstić information content (AvgIpc) is 2.83. The predicted molar refractivity (Wildman–Crippen MR) is 127 cm³/mol. The smallest absolute Gasteiger partial charge is 0.418 e. The van der Waals surface area contributed by atoms with Crippen molar-refractivity contribution in [1.82, 2.24) is 9.97 Å². The van der Waals surface area contributed by atoms with Crippen molar-refractivity contribution < 1.29 is 31.5 Å². The molecule has 0 aliphatic carbocycles. The fourth-order valence-electron chi connectivity index (χ4n) is 4.14. The topological polar surface area (TPSA) is 112 Å². The maximum Gasteiger partial charge on any atom is 0.418 e. The molecule has 1 aliphatic rings. The first-order valence-electron chi connectivity index (χ1n) is 11.1. The van der Waals surface area contributed by atoms with E-state index >= 15 is 0 Å². The van der Waals surface area contributed by atoms with Gasteiger partial charge in [0, 0.05) is 19.3 Å². The normalized spacial score (nSPS) is 16.6. The number of carboxylic acids is 1. The molecule has 4 rings (SSSR count). The maximum absolute atomic E-state index is 13.7. The van der Waals surface area contributed by atoms with Crippen LogP contribution in [-0.2, 0) is 21.0 Å². The van der Waals surface area contributed by atoms with E-state index < -0.39 is 33.7 Å². The lowest BCUT2D eigenvalue weighted by atomic mass is 9.97. The number of nitrogens with one attached hydrogen (secondary N) is 1. The van der Waals surface area contributed by atoms with Gasteiger partial charge in [-0.25, -0.2) is 9.97 Å². The second-order valence-electron chi connectivity index (χ2n) is 8.49. The first-order chi connectivity index (χ1) is 17.0. The summed E-state index contributed by atoms with van der Waals surface area (Å²) in [5.41, 5.74) is -0.314. The van der Waals surface area contributed by atoms with Gasteiger partial charge in [-0.15, -0.1) is 0 Å². The van der Waals surface area contributed by atoms with Gasteiger partial charge in [0.2, 0.25) is 0 Å². The zero-order valence-electron chi connectivity index (χ0n) is 19.2. The molecule has 0 amide bonds. The summed E-state index contributed by atoms with van der Waals surface area (Å²) in [5.74, 6) is -1.51. The Morgan fingerprint density at radius 3 is 2.58 bits per heavy atom. The van der Waals surface area contributed by atoms with Gasteiger partial charge in [-0.05, 0) is 54.7 Å². The SMILES string of the molecule is Cc1ccccc1-c1cc(NS(=O)(=O)c2cccc(N3CCCC(C(=O)O)C3)n2)ncc1C(F)(F)F. The molecule has 1 saturated heterocycles. The Morgan fingerprint density at radius 2 is 1.89 bits per heavy atom. The number of nitrogens with zero attached hydrogens (tertiary/aromatic N) is 3. The van der Waals surface area contributed by atoms with E-state index in [0.717, 1.165) is 6.07 Å². The highest BCUT2D eigenvalue weighted by molar-refractivity contribution is 7.92. The highest BCUT2D eigenvalue weighted by Crippen LogP contribution is 2.39. The number of hydrogen-bond donors (Lipinski definition) is 2. The lowest BCUT2D eigenvalue weighted by molar-refractivity contribution is -0.142. The zero-order valence-corrected chi connectivity index (χ0v) is 20.0. The quantitative estimate of drug-likeness (QED) is 0.490. The van der Waals surface area contributed by atoms with E-state index in [9.17, 15) is 31.5 Å². The van der Waals surface area contributed by atoms with Gasteiger partial charge in [-0.1, -0.05) is 30.3 Å². The number of aryl methyl sites for hydroxylation is 1. The van der Waals surface area contributed by atoms with E-state index in [1.807, 2.05) is 0 Å². The molecule has 1 aliphatic heterocycles. The minimum atomic E-state index is -4.69. The molecule has 1 fully saturated rings. The molecule has 2 N–H and O–H groups in total. The molecule has 0 bridgehead atoms. The van der Waals surface area contributed by atoms with Crippen LogP contribution >= 0.6 is 0 Å². The van der Waals surface area contributed by atoms with Crippen molar-refractivity contribution in [3.8, 4) is 11.1 Å². The minimum absolute atomic E-state index is 0.194. The number of sulfonamides is 1. The highest BCUT2D eigenvalue weighted by Gasteiger charge is 2.35. The van der Waals surface area contributed by atoms with Gasteiger partial charge in [0.05, 0.1) is 11.5 Å². The van der Waals surface area contributed by atoms with E-state index in [2.05, 4.69) is 14.7 Å². The Morgan fingerprint density at radius 1 is 1.14 bits per heavy atom. The summed E-state index contributed by atoms with van der Waals surface area (Å²) >= 11 is 0. The van der Waals surface area contributed by atoms with Crippen LogP contribution in [0.2, 0.25) is 0 Å². The van der Waals surface area contributed by atoms with Crippen molar-refractivity contribution in [2.75, 3.05) is 22.7 Å². The number of halogens is 3. The van der Waals surface area contributed by atoms with Gasteiger partial charge in [-0.2, -0.15) is 21.6 Å². The maximum atomic E-state index is 13.7. The third-order valence-corrected chi connectivity index (χ3v) is 7.22. The van der Waals surface area contributed by atoms with Crippen LogP contribution in [0.15, 0.2) is 59.8 Å². The van der Waals surface area contributed by atoms with Crippen molar-refractivity contribution in [2.24, 2.45) is 5.92 Å². The molecule has 0 saturated carbocycles. The second-order valence-corrected chi connectivity index (χ2v) is 10.1. The van der Waals surface area contributed by atoms with Crippen LogP contribution in [-0.4, -0.2) is 42.6 Å². The fraction of sp³-hybridized carbons (Fsp3) is 0.292. The van der Waals surface area contributed by atoms with Crippen LogP contribution in [0.3, 0.4) is 0 Å². The number of anilines is 2. The molecule has 1 unspecified atom stereocenters. The van der Waals surface area contributed by atoms with Crippen molar-refractivity contribution in [2.45, 2.75) is 31.0 Å². The number of piperidine rings is 1. The van der Waals surface area contributed by atoms with Crippen LogP contribution in [0.5, 0.6) is 0 Å². The lowest BCUT2D eigenvalue weighted by Crippen LogP contribution is -2.39.